The largest absolute Gasteiger partial charge is 0.398 e. The Morgan fingerprint density at radius 1 is 1.47 bits per heavy atom. The molecule has 1 aromatic carbocycles. The number of nitrogens with zero attached hydrogens (tertiary/aromatic N) is 1. The molecule has 1 heterocycles. The van der Waals surface area contributed by atoms with Gasteiger partial charge in [0, 0.05) is 27.6 Å². The van der Waals surface area contributed by atoms with E-state index in [-0.39, 0.29) is 5.91 Å². The van der Waals surface area contributed by atoms with E-state index in [4.69, 9.17) is 17.3 Å². The predicted molar refractivity (Wildman–Crippen MR) is 80.5 cm³/mol. The van der Waals surface area contributed by atoms with Crippen molar-refractivity contribution in [2.75, 3.05) is 11.1 Å². The summed E-state index contributed by atoms with van der Waals surface area (Å²) in [5.74, 6) is -0.328. The molecule has 98 valence electrons. The van der Waals surface area contributed by atoms with Crippen molar-refractivity contribution in [2.24, 2.45) is 0 Å². The number of carbonyl (C=O) groups excluding carboxylic acids is 1. The third kappa shape index (κ3) is 3.05. The van der Waals surface area contributed by atoms with Crippen LogP contribution in [0, 0.1) is 6.92 Å². The van der Waals surface area contributed by atoms with Crippen molar-refractivity contribution in [1.82, 2.24) is 4.98 Å². The predicted octanol–water partition coefficient (Wildman–Crippen LogP) is 3.64. The van der Waals surface area contributed by atoms with E-state index in [1.165, 1.54) is 12.4 Å². The quantitative estimate of drug-likeness (QED) is 0.877. The van der Waals surface area contributed by atoms with Crippen LogP contribution in [0.15, 0.2) is 35.1 Å². The lowest BCUT2D eigenvalue weighted by atomic mass is 10.2. The molecule has 1 aromatic heterocycles. The van der Waals surface area contributed by atoms with Crippen LogP contribution in [0.1, 0.15) is 15.9 Å². The fourth-order valence-corrected chi connectivity index (χ4v) is 2.25. The second-order valence-corrected chi connectivity index (χ2v) is 5.26. The number of benzene rings is 1. The minimum absolute atomic E-state index is 0.325. The first kappa shape index (κ1) is 13.8. The fraction of sp³-hybridized carbons (Fsp3) is 0.0769. The van der Waals surface area contributed by atoms with Crippen molar-refractivity contribution in [1.29, 1.82) is 0 Å². The van der Waals surface area contributed by atoms with Crippen molar-refractivity contribution in [3.05, 3.63) is 51.2 Å². The average Bonchev–Trinajstić information content (AvgIpc) is 2.36. The maximum atomic E-state index is 12.1. The Morgan fingerprint density at radius 2 is 2.21 bits per heavy atom. The molecule has 0 aliphatic rings. The molecule has 3 N–H and O–H groups in total. The highest BCUT2D eigenvalue weighted by Gasteiger charge is 2.12. The molecule has 0 aliphatic carbocycles. The summed E-state index contributed by atoms with van der Waals surface area (Å²) in [6.45, 7) is 1.89. The maximum Gasteiger partial charge on any atom is 0.259 e. The first-order chi connectivity index (χ1) is 8.99. The number of rotatable bonds is 2. The van der Waals surface area contributed by atoms with Crippen LogP contribution in [0.4, 0.5) is 11.4 Å². The number of aryl methyl sites for hydroxylation is 1. The van der Waals surface area contributed by atoms with Gasteiger partial charge in [-0.1, -0.05) is 11.6 Å². The number of nitrogens with two attached hydrogens (primary N) is 1. The monoisotopic (exact) mass is 339 g/mol. The number of nitrogens with one attached hydrogen (secondary N) is 1. The van der Waals surface area contributed by atoms with Crippen molar-refractivity contribution in [3.8, 4) is 0 Å². The van der Waals surface area contributed by atoms with Crippen LogP contribution in [0.3, 0.4) is 0 Å². The van der Waals surface area contributed by atoms with Gasteiger partial charge in [-0.2, -0.15) is 0 Å². The molecule has 19 heavy (non-hydrogen) atoms. The SMILES string of the molecule is Cc1cc(Br)c(NC(=O)c2cnccc2N)cc1Cl. The van der Waals surface area contributed by atoms with Crippen LogP contribution in [0.25, 0.3) is 0 Å². The van der Waals surface area contributed by atoms with Crippen molar-refractivity contribution < 1.29 is 4.79 Å². The van der Waals surface area contributed by atoms with E-state index in [9.17, 15) is 4.79 Å². The first-order valence-corrected chi connectivity index (χ1v) is 6.62. The summed E-state index contributed by atoms with van der Waals surface area (Å²) >= 11 is 9.42. The summed E-state index contributed by atoms with van der Waals surface area (Å²) in [5.41, 5.74) is 7.94. The van der Waals surface area contributed by atoms with Gasteiger partial charge in [0.1, 0.15) is 0 Å². The summed E-state index contributed by atoms with van der Waals surface area (Å²) in [5, 5.41) is 3.33. The van der Waals surface area contributed by atoms with E-state index in [2.05, 4.69) is 26.2 Å². The lowest BCUT2D eigenvalue weighted by molar-refractivity contribution is 0.102. The summed E-state index contributed by atoms with van der Waals surface area (Å²) < 4.78 is 0.755. The number of anilines is 2. The fourth-order valence-electron chi connectivity index (χ4n) is 1.53. The number of hydrogen-bond acceptors (Lipinski definition) is 3. The van der Waals surface area contributed by atoms with Gasteiger partial charge in [-0.05, 0) is 46.6 Å². The summed E-state index contributed by atoms with van der Waals surface area (Å²) in [6.07, 6.45) is 2.96. The van der Waals surface area contributed by atoms with E-state index < -0.39 is 0 Å². The lowest BCUT2D eigenvalue weighted by Gasteiger charge is -2.10. The van der Waals surface area contributed by atoms with Crippen LogP contribution < -0.4 is 11.1 Å². The zero-order valence-corrected chi connectivity index (χ0v) is 12.4. The highest BCUT2D eigenvalue weighted by Crippen LogP contribution is 2.29. The van der Waals surface area contributed by atoms with E-state index in [1.54, 1.807) is 12.1 Å². The normalized spacial score (nSPS) is 10.3. The number of hydrogen-bond donors (Lipinski definition) is 2. The molecule has 0 atom stereocenters. The number of aromatic nitrogens is 1. The summed E-state index contributed by atoms with van der Waals surface area (Å²) in [4.78, 5) is 16.0. The van der Waals surface area contributed by atoms with Gasteiger partial charge in [-0.25, -0.2) is 0 Å². The number of nitrogen functional groups attached to an aromatic ring is 1. The zero-order valence-electron chi connectivity index (χ0n) is 10.1. The zero-order chi connectivity index (χ0) is 14.0. The smallest absolute Gasteiger partial charge is 0.259 e. The molecule has 0 unspecified atom stereocenters. The van der Waals surface area contributed by atoms with Gasteiger partial charge in [0.2, 0.25) is 0 Å². The summed E-state index contributed by atoms with van der Waals surface area (Å²) in [6, 6.07) is 5.10. The molecule has 0 bridgehead atoms. The van der Waals surface area contributed by atoms with Crippen molar-refractivity contribution >= 4 is 44.8 Å². The Kier molecular flexibility index (Phi) is 4.07. The molecule has 0 radical (unpaired) electrons. The minimum Gasteiger partial charge on any atom is -0.398 e. The topological polar surface area (TPSA) is 68.0 Å². The van der Waals surface area contributed by atoms with Crippen LogP contribution in [0.2, 0.25) is 5.02 Å². The molecule has 2 aromatic rings. The Labute approximate surface area is 124 Å². The lowest BCUT2D eigenvalue weighted by Crippen LogP contribution is -2.14. The van der Waals surface area contributed by atoms with Crippen LogP contribution in [-0.4, -0.2) is 10.9 Å². The molecule has 1 amide bonds. The summed E-state index contributed by atoms with van der Waals surface area (Å²) in [7, 11) is 0. The molecule has 0 spiro atoms. The second kappa shape index (κ2) is 5.59. The minimum atomic E-state index is -0.328. The molecular weight excluding hydrogens is 330 g/mol. The number of halogens is 2. The maximum absolute atomic E-state index is 12.1. The number of pyridine rings is 1. The van der Waals surface area contributed by atoms with Gasteiger partial charge in [-0.15, -0.1) is 0 Å². The first-order valence-electron chi connectivity index (χ1n) is 5.45. The second-order valence-electron chi connectivity index (χ2n) is 4.00. The molecule has 0 aliphatic heterocycles. The third-order valence-corrected chi connectivity index (χ3v) is 3.66. The van der Waals surface area contributed by atoms with E-state index in [0.29, 0.717) is 22.0 Å². The highest BCUT2D eigenvalue weighted by molar-refractivity contribution is 9.10. The standard InChI is InChI=1S/C13H11BrClN3O/c1-7-4-9(14)12(5-10(7)15)18-13(19)8-6-17-3-2-11(8)16/h2-6H,1H3,(H2,16,17)(H,18,19). The molecule has 2 rings (SSSR count). The van der Waals surface area contributed by atoms with Gasteiger partial charge < -0.3 is 11.1 Å². The van der Waals surface area contributed by atoms with Crippen molar-refractivity contribution in [3.63, 3.8) is 0 Å². The Hall–Kier alpha value is -1.59. The van der Waals surface area contributed by atoms with Gasteiger partial charge >= 0.3 is 0 Å². The molecule has 6 heteroatoms. The van der Waals surface area contributed by atoms with Crippen LogP contribution >= 0.6 is 27.5 Å². The molecule has 0 saturated carbocycles. The number of carbonyl (C=O) groups is 1. The number of amides is 1. The van der Waals surface area contributed by atoms with E-state index in [1.807, 2.05) is 13.0 Å². The van der Waals surface area contributed by atoms with Gasteiger partial charge in [-0.3, -0.25) is 9.78 Å². The van der Waals surface area contributed by atoms with Gasteiger partial charge in [0.15, 0.2) is 0 Å². The molecule has 0 fully saturated rings. The average molecular weight is 341 g/mol. The van der Waals surface area contributed by atoms with Crippen molar-refractivity contribution in [2.45, 2.75) is 6.92 Å². The molecule has 4 nitrogen and oxygen atoms in total. The van der Waals surface area contributed by atoms with Gasteiger partial charge in [0.25, 0.3) is 5.91 Å². The Bertz CT molecular complexity index is 646. The van der Waals surface area contributed by atoms with Crippen LogP contribution in [-0.2, 0) is 0 Å². The Morgan fingerprint density at radius 3 is 2.89 bits per heavy atom. The van der Waals surface area contributed by atoms with Crippen LogP contribution in [0.5, 0.6) is 0 Å². The Balaban J connectivity index is 2.30. The van der Waals surface area contributed by atoms with E-state index in [0.717, 1.165) is 10.0 Å². The molecular formula is C13H11BrClN3O. The van der Waals surface area contributed by atoms with Gasteiger partial charge in [0.05, 0.1) is 11.3 Å². The molecule has 0 saturated heterocycles. The van der Waals surface area contributed by atoms with E-state index >= 15 is 0 Å². The highest BCUT2D eigenvalue weighted by atomic mass is 79.9. The third-order valence-electron chi connectivity index (χ3n) is 2.60.